The van der Waals surface area contributed by atoms with E-state index >= 15 is 0 Å². The number of hydrogen-bond donors (Lipinski definition) is 1. The van der Waals surface area contributed by atoms with Gasteiger partial charge in [0.1, 0.15) is 12.4 Å². The quantitative estimate of drug-likeness (QED) is 0.665. The summed E-state index contributed by atoms with van der Waals surface area (Å²) in [5.74, 6) is -1.92. The molecule has 1 rings (SSSR count). The van der Waals surface area contributed by atoms with Crippen LogP contribution in [0.2, 0.25) is 0 Å². The number of aromatic nitrogens is 1. The van der Waals surface area contributed by atoms with Crippen molar-refractivity contribution in [3.8, 4) is 5.75 Å². The Morgan fingerprint density at radius 2 is 2.05 bits per heavy atom. The standard InChI is InChI=1S/C11H11F4NO4/c1-2-19-8(17)3-7-9(20-11(13,14)15)6(4-12)5-16-10(7)18/h5H,2-4H2,1H3,(H,16,18). The number of H-pyrrole nitrogens is 1. The van der Waals surface area contributed by atoms with Crippen LogP contribution < -0.4 is 10.3 Å². The van der Waals surface area contributed by atoms with Gasteiger partial charge in [-0.05, 0) is 6.92 Å². The molecule has 0 saturated carbocycles. The monoisotopic (exact) mass is 297 g/mol. The second-order valence-electron chi connectivity index (χ2n) is 3.61. The van der Waals surface area contributed by atoms with Crippen LogP contribution in [0.4, 0.5) is 17.6 Å². The highest BCUT2D eigenvalue weighted by Gasteiger charge is 2.34. The maximum absolute atomic E-state index is 12.7. The number of ether oxygens (including phenoxy) is 2. The van der Waals surface area contributed by atoms with Crippen LogP contribution in [0, 0.1) is 0 Å². The van der Waals surface area contributed by atoms with Crippen molar-refractivity contribution < 1.29 is 31.8 Å². The molecule has 0 unspecified atom stereocenters. The predicted octanol–water partition coefficient (Wildman–Crippen LogP) is 1.85. The summed E-state index contributed by atoms with van der Waals surface area (Å²) in [6.45, 7) is 0.195. The molecule has 1 N–H and O–H groups in total. The number of aromatic amines is 1. The summed E-state index contributed by atoms with van der Waals surface area (Å²) in [7, 11) is 0. The molecule has 112 valence electrons. The SMILES string of the molecule is CCOC(=O)Cc1c(OC(F)(F)F)c(CF)c[nH]c1=O. The van der Waals surface area contributed by atoms with E-state index in [1.807, 2.05) is 4.98 Å². The molecule has 0 spiro atoms. The summed E-state index contributed by atoms with van der Waals surface area (Å²) in [6, 6.07) is 0. The number of alkyl halides is 4. The molecule has 0 radical (unpaired) electrons. The van der Waals surface area contributed by atoms with Crippen molar-refractivity contribution in [2.75, 3.05) is 6.61 Å². The maximum atomic E-state index is 12.7. The van der Waals surface area contributed by atoms with Crippen LogP contribution >= 0.6 is 0 Å². The van der Waals surface area contributed by atoms with Crippen LogP contribution in [0.1, 0.15) is 18.1 Å². The van der Waals surface area contributed by atoms with E-state index in [0.717, 1.165) is 6.20 Å². The van der Waals surface area contributed by atoms with Gasteiger partial charge in [0.25, 0.3) is 5.56 Å². The van der Waals surface area contributed by atoms with E-state index in [2.05, 4.69) is 9.47 Å². The Morgan fingerprint density at radius 3 is 2.55 bits per heavy atom. The molecule has 0 aliphatic carbocycles. The Balaban J connectivity index is 3.25. The van der Waals surface area contributed by atoms with Crippen LogP contribution in [0.3, 0.4) is 0 Å². The fraction of sp³-hybridized carbons (Fsp3) is 0.455. The molecule has 1 aromatic heterocycles. The number of carbonyl (C=O) groups excluding carboxylic acids is 1. The van der Waals surface area contributed by atoms with Crippen molar-refractivity contribution in [3.05, 3.63) is 27.7 Å². The molecule has 0 aromatic carbocycles. The van der Waals surface area contributed by atoms with E-state index < -0.39 is 47.9 Å². The van der Waals surface area contributed by atoms with E-state index in [1.165, 1.54) is 6.92 Å². The highest BCUT2D eigenvalue weighted by Crippen LogP contribution is 2.29. The largest absolute Gasteiger partial charge is 0.573 e. The molecule has 0 fully saturated rings. The number of hydrogen-bond acceptors (Lipinski definition) is 4. The fourth-order valence-electron chi connectivity index (χ4n) is 1.46. The smallest absolute Gasteiger partial charge is 0.466 e. The Bertz CT molecular complexity index is 538. The minimum absolute atomic E-state index is 0.00496. The lowest BCUT2D eigenvalue weighted by Crippen LogP contribution is -2.25. The summed E-state index contributed by atoms with van der Waals surface area (Å²) >= 11 is 0. The summed E-state index contributed by atoms with van der Waals surface area (Å²) < 4.78 is 57.7. The lowest BCUT2D eigenvalue weighted by atomic mass is 10.1. The highest BCUT2D eigenvalue weighted by atomic mass is 19.4. The minimum atomic E-state index is -5.11. The number of halogens is 4. The molecule has 0 bridgehead atoms. The van der Waals surface area contributed by atoms with Gasteiger partial charge in [-0.15, -0.1) is 13.2 Å². The zero-order valence-electron chi connectivity index (χ0n) is 10.3. The van der Waals surface area contributed by atoms with Crippen molar-refractivity contribution in [2.45, 2.75) is 26.4 Å². The van der Waals surface area contributed by atoms with Gasteiger partial charge in [0.05, 0.1) is 18.6 Å². The van der Waals surface area contributed by atoms with Crippen molar-refractivity contribution in [2.24, 2.45) is 0 Å². The molecule has 5 nitrogen and oxygen atoms in total. The Labute approximate surface area is 110 Å². The van der Waals surface area contributed by atoms with Crippen molar-refractivity contribution >= 4 is 5.97 Å². The Hall–Kier alpha value is -2.06. The summed E-state index contributed by atoms with van der Waals surface area (Å²) in [5.41, 5.74) is -2.12. The number of esters is 1. The van der Waals surface area contributed by atoms with Crippen LogP contribution in [-0.2, 0) is 22.6 Å². The van der Waals surface area contributed by atoms with E-state index in [0.29, 0.717) is 0 Å². The van der Waals surface area contributed by atoms with Gasteiger partial charge in [-0.1, -0.05) is 0 Å². The van der Waals surface area contributed by atoms with Crippen molar-refractivity contribution in [1.29, 1.82) is 0 Å². The maximum Gasteiger partial charge on any atom is 0.573 e. The molecule has 20 heavy (non-hydrogen) atoms. The Morgan fingerprint density at radius 1 is 1.40 bits per heavy atom. The minimum Gasteiger partial charge on any atom is -0.466 e. The first-order valence-electron chi connectivity index (χ1n) is 5.49. The van der Waals surface area contributed by atoms with Gasteiger partial charge in [-0.2, -0.15) is 0 Å². The normalized spacial score (nSPS) is 11.2. The van der Waals surface area contributed by atoms with Crippen molar-refractivity contribution in [3.63, 3.8) is 0 Å². The average molecular weight is 297 g/mol. The Kier molecular flexibility index (Phi) is 5.12. The van der Waals surface area contributed by atoms with Gasteiger partial charge in [-0.25, -0.2) is 4.39 Å². The van der Waals surface area contributed by atoms with Gasteiger partial charge < -0.3 is 14.5 Å². The first-order chi connectivity index (χ1) is 9.28. The van der Waals surface area contributed by atoms with Crippen molar-refractivity contribution in [1.82, 2.24) is 4.98 Å². The molecule has 0 saturated heterocycles. The first kappa shape index (κ1) is 16.0. The second-order valence-corrected chi connectivity index (χ2v) is 3.61. The first-order valence-corrected chi connectivity index (χ1v) is 5.49. The third kappa shape index (κ3) is 4.25. The summed E-state index contributed by atoms with van der Waals surface area (Å²) in [6.07, 6.45) is -5.10. The number of rotatable bonds is 5. The molecular formula is C11H11F4NO4. The zero-order chi connectivity index (χ0) is 15.3. The predicted molar refractivity (Wildman–Crippen MR) is 58.9 cm³/mol. The number of carbonyl (C=O) groups is 1. The van der Waals surface area contributed by atoms with Gasteiger partial charge >= 0.3 is 12.3 Å². The molecule has 1 heterocycles. The molecule has 0 atom stereocenters. The number of nitrogens with one attached hydrogen (secondary N) is 1. The number of pyridine rings is 1. The molecule has 0 aliphatic heterocycles. The molecule has 9 heteroatoms. The van der Waals surface area contributed by atoms with Crippen LogP contribution in [0.5, 0.6) is 5.75 Å². The van der Waals surface area contributed by atoms with Gasteiger partial charge in [0.15, 0.2) is 0 Å². The topological polar surface area (TPSA) is 68.4 Å². The lowest BCUT2D eigenvalue weighted by Gasteiger charge is -2.14. The average Bonchev–Trinajstić information content (AvgIpc) is 2.32. The zero-order valence-corrected chi connectivity index (χ0v) is 10.3. The third-order valence-electron chi connectivity index (χ3n) is 2.21. The van der Waals surface area contributed by atoms with E-state index in [-0.39, 0.29) is 6.61 Å². The van der Waals surface area contributed by atoms with Gasteiger partial charge in [-0.3, -0.25) is 9.59 Å². The van der Waals surface area contributed by atoms with Gasteiger partial charge in [0.2, 0.25) is 0 Å². The molecule has 0 aliphatic rings. The lowest BCUT2D eigenvalue weighted by molar-refractivity contribution is -0.275. The van der Waals surface area contributed by atoms with Gasteiger partial charge in [0, 0.05) is 11.8 Å². The van der Waals surface area contributed by atoms with E-state index in [4.69, 9.17) is 0 Å². The molecule has 0 amide bonds. The summed E-state index contributed by atoms with van der Waals surface area (Å²) in [4.78, 5) is 24.8. The fourth-order valence-corrected chi connectivity index (χ4v) is 1.46. The van der Waals surface area contributed by atoms with E-state index in [9.17, 15) is 27.2 Å². The van der Waals surface area contributed by atoms with Crippen LogP contribution in [0.15, 0.2) is 11.0 Å². The van der Waals surface area contributed by atoms with Crippen LogP contribution in [0.25, 0.3) is 0 Å². The van der Waals surface area contributed by atoms with Crippen LogP contribution in [-0.4, -0.2) is 23.9 Å². The summed E-state index contributed by atoms with van der Waals surface area (Å²) in [5, 5.41) is 0. The highest BCUT2D eigenvalue weighted by molar-refractivity contribution is 5.73. The van der Waals surface area contributed by atoms with E-state index in [1.54, 1.807) is 0 Å². The molecular weight excluding hydrogens is 286 g/mol. The second kappa shape index (κ2) is 6.40. The molecule has 1 aromatic rings. The third-order valence-corrected chi connectivity index (χ3v) is 2.21.